The maximum Gasteiger partial charge on any atom is 0.264 e. The molecule has 0 heterocycles. The molecule has 1 unspecified atom stereocenters. The molecule has 0 saturated carbocycles. The van der Waals surface area contributed by atoms with E-state index in [4.69, 9.17) is 11.6 Å². The Morgan fingerprint density at radius 2 is 1.40 bits per heavy atom. The van der Waals surface area contributed by atoms with E-state index in [9.17, 15) is 18.0 Å². The fourth-order valence-electron chi connectivity index (χ4n) is 4.59. The molecule has 0 aliphatic carbocycles. The third-order valence-corrected chi connectivity index (χ3v) is 8.86. The smallest absolute Gasteiger partial charge is 0.264 e. The van der Waals surface area contributed by atoms with Crippen LogP contribution in [-0.4, -0.2) is 44.3 Å². The molecule has 0 aliphatic heterocycles. The third-order valence-electron chi connectivity index (χ3n) is 6.82. The molecule has 2 amide bonds. The SMILES string of the molecule is CCNC(=O)C(Cc1ccccc1)N(Cc1ccc(Cl)cc1)C(=O)CN(c1ccc(C)cc1)S(=O)(=O)c1ccccc1. The van der Waals surface area contributed by atoms with E-state index in [0.717, 1.165) is 21.0 Å². The molecule has 4 aromatic rings. The molecule has 1 N–H and O–H groups in total. The van der Waals surface area contributed by atoms with E-state index < -0.39 is 28.5 Å². The summed E-state index contributed by atoms with van der Waals surface area (Å²) in [7, 11) is -4.12. The van der Waals surface area contributed by atoms with Gasteiger partial charge in [0.1, 0.15) is 12.6 Å². The summed E-state index contributed by atoms with van der Waals surface area (Å²) in [6, 6.07) is 30.5. The first-order chi connectivity index (χ1) is 20.2. The highest BCUT2D eigenvalue weighted by molar-refractivity contribution is 7.92. The highest BCUT2D eigenvalue weighted by atomic mass is 35.5. The van der Waals surface area contributed by atoms with Crippen molar-refractivity contribution in [1.29, 1.82) is 0 Å². The maximum atomic E-state index is 14.3. The molecule has 4 rings (SSSR count). The van der Waals surface area contributed by atoms with Gasteiger partial charge < -0.3 is 10.2 Å². The minimum atomic E-state index is -4.12. The number of likely N-dealkylation sites (N-methyl/N-ethyl adjacent to an activating group) is 1. The van der Waals surface area contributed by atoms with Crippen LogP contribution in [0.5, 0.6) is 0 Å². The lowest BCUT2D eigenvalue weighted by Gasteiger charge is -2.33. The molecule has 0 radical (unpaired) electrons. The number of hydrogen-bond donors (Lipinski definition) is 1. The lowest BCUT2D eigenvalue weighted by Crippen LogP contribution is -2.53. The molecular formula is C33H34ClN3O4S. The van der Waals surface area contributed by atoms with Gasteiger partial charge in [-0.05, 0) is 61.4 Å². The van der Waals surface area contributed by atoms with Crippen LogP contribution in [0.3, 0.4) is 0 Å². The largest absolute Gasteiger partial charge is 0.355 e. The second kappa shape index (κ2) is 14.2. The Kier molecular flexibility index (Phi) is 10.4. The van der Waals surface area contributed by atoms with Gasteiger partial charge in [0.25, 0.3) is 10.0 Å². The van der Waals surface area contributed by atoms with Crippen LogP contribution >= 0.6 is 11.6 Å². The van der Waals surface area contributed by atoms with Gasteiger partial charge >= 0.3 is 0 Å². The second-order valence-electron chi connectivity index (χ2n) is 9.91. The van der Waals surface area contributed by atoms with Crippen molar-refractivity contribution < 1.29 is 18.0 Å². The molecule has 9 heteroatoms. The van der Waals surface area contributed by atoms with Gasteiger partial charge in [-0.15, -0.1) is 0 Å². The summed E-state index contributed by atoms with van der Waals surface area (Å²) in [5.74, 6) is -0.839. The van der Waals surface area contributed by atoms with E-state index >= 15 is 0 Å². The standard InChI is InChI=1S/C33H34ClN3O4S/c1-3-35-33(39)31(22-26-10-6-4-7-11-26)36(23-27-16-18-28(34)19-17-27)32(38)24-37(29-20-14-25(2)15-21-29)42(40,41)30-12-8-5-9-13-30/h4-21,31H,3,22-24H2,1-2H3,(H,35,39). The predicted molar refractivity (Wildman–Crippen MR) is 167 cm³/mol. The van der Waals surface area contributed by atoms with Crippen molar-refractivity contribution in [2.24, 2.45) is 0 Å². The summed E-state index contributed by atoms with van der Waals surface area (Å²) in [5.41, 5.74) is 2.92. The van der Waals surface area contributed by atoms with Gasteiger partial charge in [0.15, 0.2) is 0 Å². The number of sulfonamides is 1. The van der Waals surface area contributed by atoms with Gasteiger partial charge in [0.05, 0.1) is 10.6 Å². The van der Waals surface area contributed by atoms with Crippen molar-refractivity contribution in [3.8, 4) is 0 Å². The van der Waals surface area contributed by atoms with Crippen LogP contribution in [0, 0.1) is 6.92 Å². The van der Waals surface area contributed by atoms with E-state index in [0.29, 0.717) is 17.3 Å². The van der Waals surface area contributed by atoms with Crippen molar-refractivity contribution in [1.82, 2.24) is 10.2 Å². The van der Waals surface area contributed by atoms with Crippen molar-refractivity contribution in [2.45, 2.75) is 37.8 Å². The molecule has 1 atom stereocenters. The van der Waals surface area contributed by atoms with Crippen molar-refractivity contribution in [3.63, 3.8) is 0 Å². The molecule has 0 aromatic heterocycles. The maximum absolute atomic E-state index is 14.3. The Bertz CT molecular complexity index is 1580. The summed E-state index contributed by atoms with van der Waals surface area (Å²) in [5, 5.41) is 3.40. The van der Waals surface area contributed by atoms with E-state index in [1.54, 1.807) is 66.7 Å². The van der Waals surface area contributed by atoms with Crippen LogP contribution in [0.15, 0.2) is 114 Å². The average Bonchev–Trinajstić information content (AvgIpc) is 3.00. The first-order valence-corrected chi connectivity index (χ1v) is 15.5. The topological polar surface area (TPSA) is 86.8 Å². The third kappa shape index (κ3) is 7.78. The first-order valence-electron chi connectivity index (χ1n) is 13.7. The normalized spacial score (nSPS) is 11.9. The number of benzene rings is 4. The number of anilines is 1. The molecule has 4 aromatic carbocycles. The van der Waals surface area contributed by atoms with E-state index in [1.165, 1.54) is 17.0 Å². The predicted octanol–water partition coefficient (Wildman–Crippen LogP) is 5.62. The second-order valence-corrected chi connectivity index (χ2v) is 12.2. The number of carbonyl (C=O) groups is 2. The summed E-state index contributed by atoms with van der Waals surface area (Å²) in [4.78, 5) is 29.3. The van der Waals surface area contributed by atoms with Gasteiger partial charge in [0.2, 0.25) is 11.8 Å². The quantitative estimate of drug-likeness (QED) is 0.228. The zero-order valence-corrected chi connectivity index (χ0v) is 25.2. The molecule has 0 aliphatic rings. The van der Waals surface area contributed by atoms with Crippen LogP contribution in [-0.2, 0) is 32.6 Å². The van der Waals surface area contributed by atoms with Crippen LogP contribution < -0.4 is 9.62 Å². The summed E-state index contributed by atoms with van der Waals surface area (Å²) >= 11 is 6.11. The highest BCUT2D eigenvalue weighted by Crippen LogP contribution is 2.25. The van der Waals surface area contributed by atoms with E-state index in [2.05, 4.69) is 5.32 Å². The fourth-order valence-corrected chi connectivity index (χ4v) is 6.15. The minimum absolute atomic E-state index is 0.0622. The van der Waals surface area contributed by atoms with Crippen molar-refractivity contribution >= 4 is 39.1 Å². The zero-order chi connectivity index (χ0) is 30.1. The van der Waals surface area contributed by atoms with Gasteiger partial charge in [0, 0.05) is 24.5 Å². The molecule has 0 saturated heterocycles. The summed E-state index contributed by atoms with van der Waals surface area (Å²) in [6.07, 6.45) is 0.252. The lowest BCUT2D eigenvalue weighted by molar-refractivity contribution is -0.140. The number of amides is 2. The molecule has 0 bridgehead atoms. The fraction of sp³-hybridized carbons (Fsp3) is 0.212. The highest BCUT2D eigenvalue weighted by Gasteiger charge is 2.34. The van der Waals surface area contributed by atoms with E-state index in [1.807, 2.05) is 44.2 Å². The zero-order valence-electron chi connectivity index (χ0n) is 23.6. The Balaban J connectivity index is 1.78. The number of rotatable bonds is 12. The summed E-state index contributed by atoms with van der Waals surface area (Å²) < 4.78 is 29.0. The lowest BCUT2D eigenvalue weighted by atomic mass is 10.0. The molecule has 218 valence electrons. The van der Waals surface area contributed by atoms with Crippen LogP contribution in [0.2, 0.25) is 5.02 Å². The van der Waals surface area contributed by atoms with E-state index in [-0.39, 0.29) is 23.8 Å². The van der Waals surface area contributed by atoms with Crippen molar-refractivity contribution in [2.75, 3.05) is 17.4 Å². The van der Waals surface area contributed by atoms with Gasteiger partial charge in [-0.1, -0.05) is 90.0 Å². The number of nitrogens with zero attached hydrogens (tertiary/aromatic N) is 2. The minimum Gasteiger partial charge on any atom is -0.355 e. The Hall–Kier alpha value is -4.14. The van der Waals surface area contributed by atoms with Crippen LogP contribution in [0.1, 0.15) is 23.6 Å². The molecule has 7 nitrogen and oxygen atoms in total. The molecule has 42 heavy (non-hydrogen) atoms. The first kappa shape index (κ1) is 30.8. The number of nitrogens with one attached hydrogen (secondary N) is 1. The van der Waals surface area contributed by atoms with Gasteiger partial charge in [-0.2, -0.15) is 0 Å². The molecular weight excluding hydrogens is 570 g/mol. The number of halogens is 1. The summed E-state index contributed by atoms with van der Waals surface area (Å²) in [6.45, 7) is 3.68. The Morgan fingerprint density at radius 3 is 2.00 bits per heavy atom. The number of aryl methyl sites for hydroxylation is 1. The number of hydrogen-bond acceptors (Lipinski definition) is 4. The Morgan fingerprint density at radius 1 is 0.810 bits per heavy atom. The average molecular weight is 604 g/mol. The number of carbonyl (C=O) groups excluding carboxylic acids is 2. The van der Waals surface area contributed by atoms with Crippen LogP contribution in [0.25, 0.3) is 0 Å². The Labute approximate surface area is 252 Å². The molecule has 0 spiro atoms. The van der Waals surface area contributed by atoms with Gasteiger partial charge in [-0.3, -0.25) is 13.9 Å². The van der Waals surface area contributed by atoms with Crippen LogP contribution in [0.4, 0.5) is 5.69 Å². The van der Waals surface area contributed by atoms with Gasteiger partial charge in [-0.25, -0.2) is 8.42 Å². The molecule has 0 fully saturated rings. The monoisotopic (exact) mass is 603 g/mol. The van der Waals surface area contributed by atoms with Crippen molar-refractivity contribution in [3.05, 3.63) is 131 Å².